The van der Waals surface area contributed by atoms with Gasteiger partial charge in [-0.3, -0.25) is 0 Å². The van der Waals surface area contributed by atoms with Crippen LogP contribution in [0.4, 0.5) is 0 Å². The lowest BCUT2D eigenvalue weighted by Gasteiger charge is -2.16. The SMILES string of the molecule is C=CCC(Oc1ccc(Br)cc1Br)C1CO1. The van der Waals surface area contributed by atoms with Gasteiger partial charge < -0.3 is 9.47 Å². The van der Waals surface area contributed by atoms with Gasteiger partial charge in [0.2, 0.25) is 0 Å². The number of ether oxygens (including phenoxy) is 2. The Morgan fingerprint density at radius 1 is 1.56 bits per heavy atom. The molecule has 1 aliphatic heterocycles. The third-order valence-corrected chi connectivity index (χ3v) is 3.46. The molecule has 0 bridgehead atoms. The minimum Gasteiger partial charge on any atom is -0.486 e. The summed E-state index contributed by atoms with van der Waals surface area (Å²) in [6.07, 6.45) is 2.94. The van der Waals surface area contributed by atoms with Crippen molar-refractivity contribution in [2.45, 2.75) is 18.6 Å². The van der Waals surface area contributed by atoms with Gasteiger partial charge in [0.15, 0.2) is 0 Å². The zero-order chi connectivity index (χ0) is 11.5. The zero-order valence-corrected chi connectivity index (χ0v) is 11.8. The van der Waals surface area contributed by atoms with Crippen molar-refractivity contribution in [3.8, 4) is 5.75 Å². The maximum atomic E-state index is 5.90. The Balaban J connectivity index is 2.08. The quantitative estimate of drug-likeness (QED) is 0.594. The Labute approximate surface area is 112 Å². The van der Waals surface area contributed by atoms with E-state index in [4.69, 9.17) is 9.47 Å². The van der Waals surface area contributed by atoms with Crippen molar-refractivity contribution in [1.82, 2.24) is 0 Å². The maximum absolute atomic E-state index is 5.90. The summed E-state index contributed by atoms with van der Waals surface area (Å²) in [5, 5.41) is 0. The van der Waals surface area contributed by atoms with Crippen LogP contribution in [0.3, 0.4) is 0 Å². The van der Waals surface area contributed by atoms with E-state index < -0.39 is 0 Å². The molecule has 86 valence electrons. The van der Waals surface area contributed by atoms with Crippen LogP contribution in [0.5, 0.6) is 5.75 Å². The smallest absolute Gasteiger partial charge is 0.134 e. The summed E-state index contributed by atoms with van der Waals surface area (Å²) >= 11 is 6.88. The Morgan fingerprint density at radius 2 is 2.31 bits per heavy atom. The average molecular weight is 348 g/mol. The highest BCUT2D eigenvalue weighted by atomic mass is 79.9. The van der Waals surface area contributed by atoms with Crippen molar-refractivity contribution >= 4 is 31.9 Å². The highest BCUT2D eigenvalue weighted by Gasteiger charge is 2.33. The number of epoxide rings is 1. The maximum Gasteiger partial charge on any atom is 0.134 e. The average Bonchev–Trinajstić information content (AvgIpc) is 3.04. The van der Waals surface area contributed by atoms with Gasteiger partial charge >= 0.3 is 0 Å². The second-order valence-corrected chi connectivity index (χ2v) is 5.40. The van der Waals surface area contributed by atoms with Gasteiger partial charge in [0.1, 0.15) is 18.0 Å². The summed E-state index contributed by atoms with van der Waals surface area (Å²) in [6.45, 7) is 4.52. The van der Waals surface area contributed by atoms with Crippen LogP contribution in [-0.2, 0) is 4.74 Å². The van der Waals surface area contributed by atoms with Crippen LogP contribution in [0, 0.1) is 0 Å². The first-order valence-electron chi connectivity index (χ1n) is 5.05. The fourth-order valence-corrected chi connectivity index (χ4v) is 2.58. The van der Waals surface area contributed by atoms with Gasteiger partial charge in [-0.05, 0) is 34.1 Å². The lowest BCUT2D eigenvalue weighted by Crippen LogP contribution is -2.22. The summed E-state index contributed by atoms with van der Waals surface area (Å²) in [7, 11) is 0. The number of benzene rings is 1. The molecule has 4 heteroatoms. The number of hydrogen-bond donors (Lipinski definition) is 0. The Morgan fingerprint density at radius 3 is 2.88 bits per heavy atom. The van der Waals surface area contributed by atoms with E-state index in [0.717, 1.165) is 27.7 Å². The summed E-state index contributed by atoms with van der Waals surface area (Å²) in [4.78, 5) is 0. The molecule has 0 aliphatic carbocycles. The largest absolute Gasteiger partial charge is 0.486 e. The summed E-state index contributed by atoms with van der Waals surface area (Å²) in [5.41, 5.74) is 0. The van der Waals surface area contributed by atoms with Gasteiger partial charge in [-0.2, -0.15) is 0 Å². The molecule has 0 saturated carbocycles. The second kappa shape index (κ2) is 5.34. The predicted molar refractivity (Wildman–Crippen MR) is 70.8 cm³/mol. The van der Waals surface area contributed by atoms with Crippen molar-refractivity contribution in [2.75, 3.05) is 6.61 Å². The number of hydrogen-bond acceptors (Lipinski definition) is 2. The summed E-state index contributed by atoms with van der Waals surface area (Å²) in [6, 6.07) is 5.86. The van der Waals surface area contributed by atoms with Gasteiger partial charge in [-0.25, -0.2) is 0 Å². The first-order valence-corrected chi connectivity index (χ1v) is 6.63. The Bertz CT molecular complexity index is 389. The van der Waals surface area contributed by atoms with E-state index in [0.29, 0.717) is 0 Å². The molecule has 1 fully saturated rings. The van der Waals surface area contributed by atoms with E-state index in [1.165, 1.54) is 0 Å². The van der Waals surface area contributed by atoms with Crippen molar-refractivity contribution in [3.63, 3.8) is 0 Å². The van der Waals surface area contributed by atoms with E-state index in [9.17, 15) is 0 Å². The second-order valence-electron chi connectivity index (χ2n) is 3.63. The summed E-state index contributed by atoms with van der Waals surface area (Å²) < 4.78 is 13.1. The highest BCUT2D eigenvalue weighted by molar-refractivity contribution is 9.11. The van der Waals surface area contributed by atoms with E-state index in [1.807, 2.05) is 24.3 Å². The third-order valence-electron chi connectivity index (χ3n) is 2.35. The van der Waals surface area contributed by atoms with Crippen LogP contribution in [0.25, 0.3) is 0 Å². The topological polar surface area (TPSA) is 21.8 Å². The van der Waals surface area contributed by atoms with Gasteiger partial charge in [-0.1, -0.05) is 22.0 Å². The first kappa shape index (κ1) is 12.1. The van der Waals surface area contributed by atoms with Gasteiger partial charge in [0, 0.05) is 10.9 Å². The third kappa shape index (κ3) is 3.09. The van der Waals surface area contributed by atoms with Crippen molar-refractivity contribution in [3.05, 3.63) is 39.8 Å². The van der Waals surface area contributed by atoms with E-state index >= 15 is 0 Å². The van der Waals surface area contributed by atoms with Crippen molar-refractivity contribution in [1.29, 1.82) is 0 Å². The molecule has 0 radical (unpaired) electrons. The molecular formula is C12H12Br2O2. The molecular weight excluding hydrogens is 336 g/mol. The molecule has 1 aliphatic rings. The minimum atomic E-state index is 0.0648. The molecule has 2 unspecified atom stereocenters. The van der Waals surface area contributed by atoms with Crippen LogP contribution in [-0.4, -0.2) is 18.8 Å². The van der Waals surface area contributed by atoms with Gasteiger partial charge in [0.05, 0.1) is 11.1 Å². The molecule has 0 aromatic heterocycles. The fourth-order valence-electron chi connectivity index (χ4n) is 1.44. The zero-order valence-electron chi connectivity index (χ0n) is 8.66. The predicted octanol–water partition coefficient (Wildman–Crippen LogP) is 3.93. The molecule has 2 rings (SSSR count). The molecule has 0 N–H and O–H groups in total. The van der Waals surface area contributed by atoms with Crippen LogP contribution >= 0.6 is 31.9 Å². The molecule has 2 nitrogen and oxygen atoms in total. The molecule has 1 saturated heterocycles. The lowest BCUT2D eigenvalue weighted by molar-refractivity contribution is 0.161. The van der Waals surface area contributed by atoms with E-state index in [1.54, 1.807) is 0 Å². The minimum absolute atomic E-state index is 0.0648. The molecule has 0 amide bonds. The highest BCUT2D eigenvalue weighted by Crippen LogP contribution is 2.31. The fraction of sp³-hybridized carbons (Fsp3) is 0.333. The Kier molecular flexibility index (Phi) is 4.05. The van der Waals surface area contributed by atoms with Crippen LogP contribution in [0.1, 0.15) is 6.42 Å². The van der Waals surface area contributed by atoms with Gasteiger partial charge in [-0.15, -0.1) is 6.58 Å². The standard InChI is InChI=1S/C12H12Br2O2/c1-2-3-11(12-7-15-12)16-10-5-4-8(13)6-9(10)14/h2,4-6,11-12H,1,3,7H2. The molecule has 0 spiro atoms. The van der Waals surface area contributed by atoms with Crippen molar-refractivity contribution < 1.29 is 9.47 Å². The summed E-state index contributed by atoms with van der Waals surface area (Å²) in [5.74, 6) is 0.838. The lowest BCUT2D eigenvalue weighted by atomic mass is 10.2. The van der Waals surface area contributed by atoms with Crippen molar-refractivity contribution in [2.24, 2.45) is 0 Å². The van der Waals surface area contributed by atoms with Crippen LogP contribution in [0.15, 0.2) is 39.8 Å². The molecule has 1 aromatic carbocycles. The Hall–Kier alpha value is -0.320. The molecule has 1 heterocycles. The molecule has 2 atom stereocenters. The number of halogens is 2. The van der Waals surface area contributed by atoms with E-state index in [2.05, 4.69) is 38.4 Å². The monoisotopic (exact) mass is 346 g/mol. The van der Waals surface area contributed by atoms with E-state index in [-0.39, 0.29) is 12.2 Å². The van der Waals surface area contributed by atoms with Gasteiger partial charge in [0.25, 0.3) is 0 Å². The molecule has 16 heavy (non-hydrogen) atoms. The normalized spacial score (nSPS) is 20.2. The number of rotatable bonds is 5. The van der Waals surface area contributed by atoms with Crippen LogP contribution in [0.2, 0.25) is 0 Å². The van der Waals surface area contributed by atoms with Crippen LogP contribution < -0.4 is 4.74 Å². The first-order chi connectivity index (χ1) is 7.70. The molecule has 1 aromatic rings.